The molecule has 1 saturated heterocycles. The quantitative estimate of drug-likeness (QED) is 0.298. The van der Waals surface area contributed by atoms with Crippen LogP contribution in [0.2, 0.25) is 0 Å². The lowest BCUT2D eigenvalue weighted by Crippen LogP contribution is -2.40. The molecular weight excluding hydrogens is 514 g/mol. The fourth-order valence-corrected chi connectivity index (χ4v) is 5.69. The standard InChI is InChI=1S/C31H35NO8/c1-3-19(15-20-9-12-22(34)13-10-20)11-14-26(35)27-21(18-40-23-7-5-4-6-8-23)16-24-28(25(27)17-33)30(37)32(29(24)36)31(38)39-2/h4-10,12-13,15,24-26,28,33-35H,3,11,14,16-18H2,1-2H3/b19-15+/t24-,25+,26-,28-/m1/s1. The third kappa shape index (κ3) is 6.11. The molecule has 9 nitrogen and oxygen atoms in total. The Morgan fingerprint density at radius 3 is 2.42 bits per heavy atom. The topological polar surface area (TPSA) is 134 Å². The molecule has 0 radical (unpaired) electrons. The van der Waals surface area contributed by atoms with Gasteiger partial charge in [0, 0.05) is 5.92 Å². The van der Waals surface area contributed by atoms with E-state index in [2.05, 4.69) is 4.74 Å². The molecule has 212 valence electrons. The average molecular weight is 550 g/mol. The summed E-state index contributed by atoms with van der Waals surface area (Å²) in [6.45, 7) is 1.59. The Morgan fingerprint density at radius 2 is 1.80 bits per heavy atom. The number of fused-ring (bicyclic) bond motifs is 1. The number of carbonyl (C=O) groups excluding carboxylic acids is 3. The second-order valence-electron chi connectivity index (χ2n) is 10.1. The summed E-state index contributed by atoms with van der Waals surface area (Å²) in [4.78, 5) is 39.1. The Labute approximate surface area is 233 Å². The van der Waals surface area contributed by atoms with Crippen LogP contribution in [0.4, 0.5) is 4.79 Å². The van der Waals surface area contributed by atoms with Crippen LogP contribution in [-0.2, 0) is 14.3 Å². The molecule has 1 heterocycles. The molecule has 3 N–H and O–H groups in total. The van der Waals surface area contributed by atoms with Gasteiger partial charge in [0.25, 0.3) is 0 Å². The highest BCUT2D eigenvalue weighted by molar-refractivity contribution is 6.16. The SMILES string of the molecule is CC/C(=C\c1ccc(O)cc1)CC[C@@H](O)C1=C(COc2ccccc2)C[C@H]2C(=O)N(C(=O)OC)C(=O)[C@H]2[C@H]1CO. The van der Waals surface area contributed by atoms with E-state index in [0.29, 0.717) is 34.6 Å². The molecule has 0 spiro atoms. The van der Waals surface area contributed by atoms with Gasteiger partial charge in [0.05, 0.1) is 31.7 Å². The number of ether oxygens (including phenoxy) is 2. The van der Waals surface area contributed by atoms with E-state index in [0.717, 1.165) is 24.7 Å². The van der Waals surface area contributed by atoms with Crippen molar-refractivity contribution in [3.8, 4) is 11.5 Å². The Bertz CT molecular complexity index is 1280. The van der Waals surface area contributed by atoms with Crippen LogP contribution in [0.3, 0.4) is 0 Å². The molecule has 1 aliphatic carbocycles. The van der Waals surface area contributed by atoms with Gasteiger partial charge in [-0.3, -0.25) is 9.59 Å². The lowest BCUT2D eigenvalue weighted by atomic mass is 9.68. The number of allylic oxidation sites excluding steroid dienone is 1. The summed E-state index contributed by atoms with van der Waals surface area (Å²) in [5.41, 5.74) is 3.11. The molecule has 2 aromatic carbocycles. The fourth-order valence-electron chi connectivity index (χ4n) is 5.69. The van der Waals surface area contributed by atoms with Gasteiger partial charge in [-0.2, -0.15) is 4.90 Å². The van der Waals surface area contributed by atoms with Gasteiger partial charge in [-0.05, 0) is 66.7 Å². The molecule has 9 heteroatoms. The van der Waals surface area contributed by atoms with Crippen LogP contribution in [0.25, 0.3) is 6.08 Å². The fraction of sp³-hybridized carbons (Fsp3) is 0.387. The molecule has 0 unspecified atom stereocenters. The Morgan fingerprint density at radius 1 is 1.10 bits per heavy atom. The zero-order valence-corrected chi connectivity index (χ0v) is 22.7. The number of likely N-dealkylation sites (tertiary alicyclic amines) is 1. The van der Waals surface area contributed by atoms with Crippen LogP contribution in [0.1, 0.15) is 38.2 Å². The predicted molar refractivity (Wildman–Crippen MR) is 147 cm³/mol. The summed E-state index contributed by atoms with van der Waals surface area (Å²) in [6.07, 6.45) is 1.65. The smallest absolute Gasteiger partial charge is 0.423 e. The van der Waals surface area contributed by atoms with Crippen molar-refractivity contribution in [3.63, 3.8) is 0 Å². The van der Waals surface area contributed by atoms with Crippen molar-refractivity contribution in [3.05, 3.63) is 76.9 Å². The second-order valence-corrected chi connectivity index (χ2v) is 10.1. The number of aromatic hydroxyl groups is 1. The molecule has 0 aromatic heterocycles. The van der Waals surface area contributed by atoms with Crippen molar-refractivity contribution in [1.29, 1.82) is 0 Å². The van der Waals surface area contributed by atoms with E-state index < -0.39 is 48.4 Å². The highest BCUT2D eigenvalue weighted by atomic mass is 16.5. The molecule has 3 amide bonds. The summed E-state index contributed by atoms with van der Waals surface area (Å²) in [5.74, 6) is -3.33. The Kier molecular flexibility index (Phi) is 9.39. The number of phenols is 1. The van der Waals surface area contributed by atoms with E-state index in [1.165, 1.54) is 0 Å². The van der Waals surface area contributed by atoms with E-state index in [1.54, 1.807) is 24.3 Å². The zero-order valence-electron chi connectivity index (χ0n) is 22.7. The summed E-state index contributed by atoms with van der Waals surface area (Å²) in [5, 5.41) is 31.5. The lowest BCUT2D eigenvalue weighted by molar-refractivity contribution is -0.137. The van der Waals surface area contributed by atoms with Crippen LogP contribution >= 0.6 is 0 Å². The van der Waals surface area contributed by atoms with Crippen LogP contribution < -0.4 is 4.74 Å². The Balaban J connectivity index is 1.63. The maximum Gasteiger partial charge on any atom is 0.423 e. The van der Waals surface area contributed by atoms with E-state index in [-0.39, 0.29) is 18.8 Å². The van der Waals surface area contributed by atoms with Crippen molar-refractivity contribution in [2.75, 3.05) is 20.3 Å². The van der Waals surface area contributed by atoms with E-state index in [9.17, 15) is 29.7 Å². The van der Waals surface area contributed by atoms with Crippen LogP contribution in [0.15, 0.2) is 71.3 Å². The van der Waals surface area contributed by atoms with Gasteiger partial charge < -0.3 is 24.8 Å². The molecule has 0 saturated carbocycles. The van der Waals surface area contributed by atoms with Crippen molar-refractivity contribution in [1.82, 2.24) is 4.90 Å². The number of phenolic OH excluding ortho intramolecular Hbond substituents is 1. The lowest BCUT2D eigenvalue weighted by Gasteiger charge is -2.36. The van der Waals surface area contributed by atoms with Gasteiger partial charge in [-0.1, -0.05) is 48.9 Å². The number of aliphatic hydroxyl groups is 2. The number of aliphatic hydroxyl groups excluding tert-OH is 2. The number of carbonyl (C=O) groups is 3. The number of amides is 3. The molecule has 1 aliphatic heterocycles. The first-order chi connectivity index (χ1) is 19.3. The van der Waals surface area contributed by atoms with Crippen LogP contribution in [0.5, 0.6) is 11.5 Å². The van der Waals surface area contributed by atoms with E-state index in [1.807, 2.05) is 43.3 Å². The largest absolute Gasteiger partial charge is 0.508 e. The van der Waals surface area contributed by atoms with Crippen molar-refractivity contribution in [2.24, 2.45) is 17.8 Å². The monoisotopic (exact) mass is 549 g/mol. The summed E-state index contributed by atoms with van der Waals surface area (Å²) in [6, 6.07) is 15.9. The summed E-state index contributed by atoms with van der Waals surface area (Å²) in [7, 11) is 1.10. The summed E-state index contributed by atoms with van der Waals surface area (Å²) >= 11 is 0. The molecule has 2 aliphatic rings. The average Bonchev–Trinajstić information content (AvgIpc) is 3.23. The summed E-state index contributed by atoms with van der Waals surface area (Å²) < 4.78 is 10.6. The van der Waals surface area contributed by atoms with E-state index >= 15 is 0 Å². The molecule has 40 heavy (non-hydrogen) atoms. The third-order valence-corrected chi connectivity index (χ3v) is 7.71. The molecule has 4 rings (SSSR count). The van der Waals surface area contributed by atoms with Crippen LogP contribution in [-0.4, -0.2) is 64.6 Å². The first-order valence-electron chi connectivity index (χ1n) is 13.4. The number of para-hydroxylation sites is 1. The highest BCUT2D eigenvalue weighted by Crippen LogP contribution is 2.46. The number of hydrogen-bond acceptors (Lipinski definition) is 8. The van der Waals surface area contributed by atoms with Gasteiger partial charge in [-0.25, -0.2) is 4.79 Å². The minimum Gasteiger partial charge on any atom is -0.508 e. The van der Waals surface area contributed by atoms with Gasteiger partial charge in [0.2, 0.25) is 11.8 Å². The number of hydrogen-bond donors (Lipinski definition) is 3. The molecule has 0 bridgehead atoms. The Hall–Kier alpha value is -3.95. The molecule has 1 fully saturated rings. The van der Waals surface area contributed by atoms with Crippen molar-refractivity contribution < 1.29 is 39.2 Å². The first-order valence-corrected chi connectivity index (χ1v) is 13.4. The van der Waals surface area contributed by atoms with Crippen molar-refractivity contribution in [2.45, 2.75) is 38.7 Å². The van der Waals surface area contributed by atoms with Gasteiger partial charge in [0.15, 0.2) is 0 Å². The van der Waals surface area contributed by atoms with E-state index in [4.69, 9.17) is 4.74 Å². The predicted octanol–water partition coefficient (Wildman–Crippen LogP) is 4.08. The third-order valence-electron chi connectivity index (χ3n) is 7.71. The first kappa shape index (κ1) is 29.0. The molecule has 2 aromatic rings. The van der Waals surface area contributed by atoms with Crippen LogP contribution in [0, 0.1) is 17.8 Å². The number of methoxy groups -OCH3 is 1. The maximum absolute atomic E-state index is 13.2. The maximum atomic E-state index is 13.2. The minimum atomic E-state index is -1.06. The number of benzene rings is 2. The highest BCUT2D eigenvalue weighted by Gasteiger charge is 2.57. The molecular formula is C31H35NO8. The second kappa shape index (κ2) is 12.9. The number of imide groups is 3. The number of rotatable bonds is 10. The van der Waals surface area contributed by atoms with Crippen molar-refractivity contribution >= 4 is 24.0 Å². The van der Waals surface area contributed by atoms with Gasteiger partial charge >= 0.3 is 6.09 Å². The van der Waals surface area contributed by atoms with Gasteiger partial charge in [0.1, 0.15) is 18.1 Å². The molecule has 4 atom stereocenters. The zero-order chi connectivity index (χ0) is 28.8. The minimum absolute atomic E-state index is 0.0554. The van der Waals surface area contributed by atoms with Gasteiger partial charge in [-0.15, -0.1) is 0 Å². The number of nitrogens with zero attached hydrogens (tertiary/aromatic N) is 1. The normalized spacial score (nSPS) is 21.9.